The summed E-state index contributed by atoms with van der Waals surface area (Å²) in [6.07, 6.45) is 26.4. The van der Waals surface area contributed by atoms with E-state index in [2.05, 4.69) is 50.5 Å². The largest absolute Gasteiger partial charge is 0.179 e. The van der Waals surface area contributed by atoms with Crippen LogP contribution in [0.5, 0.6) is 0 Å². The molecule has 0 aromatic carbocycles. The van der Waals surface area contributed by atoms with Crippen LogP contribution >= 0.6 is 50.5 Å². The van der Waals surface area contributed by atoms with Crippen LogP contribution in [-0.4, -0.2) is 16.1 Å². The van der Waals surface area contributed by atoms with Gasteiger partial charge in [-0.2, -0.15) is 50.5 Å². The second-order valence-electron chi connectivity index (χ2n) is 8.25. The Bertz CT molecular complexity index is 255. The molecule has 0 rings (SSSR count). The average Bonchev–Trinajstić information content (AvgIpc) is 2.65. The number of thiol groups is 4. The van der Waals surface area contributed by atoms with Gasteiger partial charge in [0.1, 0.15) is 0 Å². The molecule has 0 bridgehead atoms. The first kappa shape index (κ1) is 28.4. The van der Waals surface area contributed by atoms with Crippen LogP contribution in [0, 0.1) is 5.92 Å². The van der Waals surface area contributed by atoms with Crippen molar-refractivity contribution in [3.8, 4) is 0 Å². The van der Waals surface area contributed by atoms with E-state index in [1.807, 2.05) is 0 Å². The van der Waals surface area contributed by atoms with Crippen molar-refractivity contribution in [3.63, 3.8) is 0 Å². The zero-order chi connectivity index (χ0) is 20.0. The van der Waals surface area contributed by atoms with E-state index in [0.29, 0.717) is 0 Å². The molecule has 4 heteroatoms. The third kappa shape index (κ3) is 23.5. The van der Waals surface area contributed by atoms with E-state index in [0.717, 1.165) is 23.8 Å². The zero-order valence-electron chi connectivity index (χ0n) is 17.8. The van der Waals surface area contributed by atoms with Gasteiger partial charge >= 0.3 is 0 Å². The predicted octanol–water partition coefficient (Wildman–Crippen LogP) is 9.06. The topological polar surface area (TPSA) is 0 Å². The van der Waals surface area contributed by atoms with Gasteiger partial charge in [-0.3, -0.25) is 0 Å². The second-order valence-corrected chi connectivity index (χ2v) is 10.8. The van der Waals surface area contributed by atoms with Crippen molar-refractivity contribution in [1.82, 2.24) is 0 Å². The van der Waals surface area contributed by atoms with Crippen molar-refractivity contribution in [2.75, 3.05) is 11.5 Å². The highest BCUT2D eigenvalue weighted by Gasteiger charge is 2.08. The molecule has 0 aliphatic carbocycles. The number of rotatable bonds is 22. The van der Waals surface area contributed by atoms with E-state index in [4.69, 9.17) is 0 Å². The first-order valence-electron chi connectivity index (χ1n) is 11.8. The molecule has 0 aliphatic heterocycles. The van der Waals surface area contributed by atoms with Gasteiger partial charge in [0.2, 0.25) is 0 Å². The predicted molar refractivity (Wildman–Crippen MR) is 141 cm³/mol. The smallest absolute Gasteiger partial charge is 0.0442 e. The van der Waals surface area contributed by atoms with E-state index in [1.54, 1.807) is 0 Å². The fraction of sp³-hybridized carbons (Fsp3) is 1.00. The molecule has 164 valence electrons. The standard InChI is InChI=1S/C23H48S4/c24-20-14-8-2-5-11-17-22(18-12-6-3-9-15-21-25)16-10-4-1-7-13-19-23(26)27/h22-27H,1-21H2. The third-order valence-electron chi connectivity index (χ3n) is 5.62. The lowest BCUT2D eigenvalue weighted by Gasteiger charge is -2.17. The third-order valence-corrected chi connectivity index (χ3v) is 6.76. The molecule has 0 fully saturated rings. The van der Waals surface area contributed by atoms with Gasteiger partial charge in [-0.1, -0.05) is 103 Å². The summed E-state index contributed by atoms with van der Waals surface area (Å²) in [6.45, 7) is 0. The van der Waals surface area contributed by atoms with Crippen molar-refractivity contribution in [2.45, 2.75) is 127 Å². The number of hydrogen-bond donors (Lipinski definition) is 4. The highest BCUT2D eigenvalue weighted by molar-refractivity contribution is 7.99. The Balaban J connectivity index is 3.80. The molecule has 0 atom stereocenters. The maximum Gasteiger partial charge on any atom is 0.0442 e. The molecule has 0 saturated carbocycles. The fourth-order valence-corrected chi connectivity index (χ4v) is 4.69. The van der Waals surface area contributed by atoms with Gasteiger partial charge in [0.15, 0.2) is 0 Å². The van der Waals surface area contributed by atoms with Gasteiger partial charge in [0, 0.05) is 4.58 Å². The van der Waals surface area contributed by atoms with Crippen LogP contribution in [0.15, 0.2) is 0 Å². The quantitative estimate of drug-likeness (QED) is 0.0702. The van der Waals surface area contributed by atoms with E-state index in [1.165, 1.54) is 116 Å². The van der Waals surface area contributed by atoms with E-state index in [9.17, 15) is 0 Å². The van der Waals surface area contributed by atoms with E-state index < -0.39 is 0 Å². The molecule has 0 aliphatic rings. The van der Waals surface area contributed by atoms with Crippen LogP contribution in [0.4, 0.5) is 0 Å². The first-order valence-corrected chi connectivity index (χ1v) is 14.1. The summed E-state index contributed by atoms with van der Waals surface area (Å²) < 4.78 is 0.273. The molecular formula is C23H48S4. The van der Waals surface area contributed by atoms with Crippen LogP contribution in [0.3, 0.4) is 0 Å². The lowest BCUT2D eigenvalue weighted by atomic mass is 9.89. The molecule has 0 heterocycles. The molecule has 0 spiro atoms. The van der Waals surface area contributed by atoms with Crippen molar-refractivity contribution in [1.29, 1.82) is 0 Å². The van der Waals surface area contributed by atoms with Gasteiger partial charge < -0.3 is 0 Å². The van der Waals surface area contributed by atoms with Gasteiger partial charge in [0.25, 0.3) is 0 Å². The molecule has 0 N–H and O–H groups in total. The Morgan fingerprint density at radius 1 is 0.370 bits per heavy atom. The molecule has 0 aromatic rings. The van der Waals surface area contributed by atoms with Crippen LogP contribution in [0.2, 0.25) is 0 Å². The summed E-state index contributed by atoms with van der Waals surface area (Å²) >= 11 is 17.3. The molecule has 0 aromatic heterocycles. The minimum atomic E-state index is 0.273. The Morgan fingerprint density at radius 2 is 0.667 bits per heavy atom. The lowest BCUT2D eigenvalue weighted by Crippen LogP contribution is -2.02. The monoisotopic (exact) mass is 452 g/mol. The highest BCUT2D eigenvalue weighted by Crippen LogP contribution is 2.25. The maximum atomic E-state index is 4.34. The Labute approximate surface area is 193 Å². The maximum absolute atomic E-state index is 4.34. The zero-order valence-corrected chi connectivity index (χ0v) is 21.4. The summed E-state index contributed by atoms with van der Waals surface area (Å²) in [4.78, 5) is 0. The van der Waals surface area contributed by atoms with Crippen LogP contribution < -0.4 is 0 Å². The van der Waals surface area contributed by atoms with Crippen molar-refractivity contribution < 1.29 is 0 Å². The van der Waals surface area contributed by atoms with E-state index >= 15 is 0 Å². The highest BCUT2D eigenvalue weighted by atomic mass is 32.2. The Morgan fingerprint density at radius 3 is 1.00 bits per heavy atom. The number of hydrogen-bond acceptors (Lipinski definition) is 4. The first-order chi connectivity index (χ1) is 13.2. The fourth-order valence-electron chi connectivity index (χ4n) is 3.87. The summed E-state index contributed by atoms with van der Waals surface area (Å²) in [5, 5.41) is 0. The van der Waals surface area contributed by atoms with Gasteiger partial charge in [-0.25, -0.2) is 0 Å². The molecular weight excluding hydrogens is 405 g/mol. The SMILES string of the molecule is SCCCCCCCC(CCCCCCCS)CCCCCCCC(S)S. The van der Waals surface area contributed by atoms with Gasteiger partial charge in [0.05, 0.1) is 0 Å². The Kier molecular flexibility index (Phi) is 24.9. The molecule has 0 nitrogen and oxygen atoms in total. The van der Waals surface area contributed by atoms with Gasteiger partial charge in [-0.05, 0) is 36.7 Å². The van der Waals surface area contributed by atoms with Crippen molar-refractivity contribution in [3.05, 3.63) is 0 Å². The molecule has 0 saturated heterocycles. The number of unbranched alkanes of at least 4 members (excludes halogenated alkanes) is 12. The molecule has 0 radical (unpaired) electrons. The lowest BCUT2D eigenvalue weighted by molar-refractivity contribution is 0.366. The summed E-state index contributed by atoms with van der Waals surface area (Å²) in [5.74, 6) is 3.09. The summed E-state index contributed by atoms with van der Waals surface area (Å²) in [7, 11) is 0. The van der Waals surface area contributed by atoms with E-state index in [-0.39, 0.29) is 4.58 Å². The molecule has 0 unspecified atom stereocenters. The Hall–Kier alpha value is 1.40. The average molecular weight is 453 g/mol. The van der Waals surface area contributed by atoms with Crippen molar-refractivity contribution >= 4 is 50.5 Å². The van der Waals surface area contributed by atoms with Crippen LogP contribution in [0.25, 0.3) is 0 Å². The molecule has 27 heavy (non-hydrogen) atoms. The molecule has 0 amide bonds. The minimum Gasteiger partial charge on any atom is -0.179 e. The van der Waals surface area contributed by atoms with Crippen molar-refractivity contribution in [2.24, 2.45) is 5.92 Å². The normalized spacial score (nSPS) is 11.8. The second kappa shape index (κ2) is 23.7. The minimum absolute atomic E-state index is 0.273. The summed E-state index contributed by atoms with van der Waals surface area (Å²) in [5.41, 5.74) is 0. The summed E-state index contributed by atoms with van der Waals surface area (Å²) in [6, 6.07) is 0. The van der Waals surface area contributed by atoms with Crippen LogP contribution in [0.1, 0.15) is 122 Å². The van der Waals surface area contributed by atoms with Crippen LogP contribution in [-0.2, 0) is 0 Å². The van der Waals surface area contributed by atoms with Gasteiger partial charge in [-0.15, -0.1) is 0 Å².